The van der Waals surface area contributed by atoms with Gasteiger partial charge in [0, 0.05) is 24.3 Å². The molecule has 0 aliphatic carbocycles. The molecule has 5 heteroatoms. The Morgan fingerprint density at radius 2 is 1.66 bits per heavy atom. The molecule has 5 nitrogen and oxygen atoms in total. The monoisotopic (exact) mass is 384 g/mol. The van der Waals surface area contributed by atoms with E-state index in [4.69, 9.17) is 4.98 Å². The lowest BCUT2D eigenvalue weighted by Crippen LogP contribution is -2.31. The van der Waals surface area contributed by atoms with Crippen molar-refractivity contribution in [3.8, 4) is 11.4 Å². The van der Waals surface area contributed by atoms with Crippen LogP contribution in [0.25, 0.3) is 22.4 Å². The Bertz CT molecular complexity index is 1150. The molecule has 146 valence electrons. The fourth-order valence-corrected chi connectivity index (χ4v) is 3.39. The van der Waals surface area contributed by atoms with Crippen molar-refractivity contribution < 1.29 is 4.79 Å². The molecule has 3 aromatic carbocycles. The maximum absolute atomic E-state index is 12.3. The van der Waals surface area contributed by atoms with Crippen molar-refractivity contribution in [2.24, 2.45) is 0 Å². The predicted octanol–water partition coefficient (Wildman–Crippen LogP) is 5.14. The zero-order valence-electron chi connectivity index (χ0n) is 16.6. The lowest BCUT2D eigenvalue weighted by molar-refractivity contribution is 0.251. The molecule has 0 bridgehead atoms. The number of nitrogens with zero attached hydrogens (tertiary/aromatic N) is 2. The molecule has 0 fully saturated rings. The number of carbonyl (C=O) groups excluding carboxylic acids is 1. The van der Waals surface area contributed by atoms with Gasteiger partial charge in [-0.05, 0) is 37.6 Å². The molecule has 1 heterocycles. The zero-order chi connectivity index (χ0) is 20.2. The van der Waals surface area contributed by atoms with Crippen LogP contribution in [-0.4, -0.2) is 22.1 Å². The average Bonchev–Trinajstić information content (AvgIpc) is 3.09. The van der Waals surface area contributed by atoms with Crippen molar-refractivity contribution in [2.45, 2.75) is 20.4 Å². The molecule has 4 rings (SSSR count). The zero-order valence-corrected chi connectivity index (χ0v) is 16.6. The molecule has 2 N–H and O–H groups in total. The van der Waals surface area contributed by atoms with Gasteiger partial charge < -0.3 is 15.2 Å². The van der Waals surface area contributed by atoms with Gasteiger partial charge in [-0.15, -0.1) is 0 Å². The van der Waals surface area contributed by atoms with Crippen molar-refractivity contribution in [2.75, 3.05) is 11.9 Å². The molecule has 0 unspecified atom stereocenters. The minimum atomic E-state index is -0.208. The van der Waals surface area contributed by atoms with Crippen molar-refractivity contribution in [1.29, 1.82) is 0 Å². The number of benzene rings is 3. The minimum Gasteiger partial charge on any atom is -0.336 e. The van der Waals surface area contributed by atoms with Crippen molar-refractivity contribution >= 4 is 22.8 Å². The van der Waals surface area contributed by atoms with Crippen LogP contribution in [0.3, 0.4) is 0 Å². The number of aryl methyl sites for hydroxylation is 2. The van der Waals surface area contributed by atoms with Gasteiger partial charge in [0.15, 0.2) is 0 Å². The normalized spacial score (nSPS) is 10.8. The Labute approximate surface area is 170 Å². The molecule has 29 heavy (non-hydrogen) atoms. The van der Waals surface area contributed by atoms with Crippen molar-refractivity contribution in [3.63, 3.8) is 0 Å². The molecule has 0 atom stereocenters. The molecule has 0 aliphatic rings. The average molecular weight is 384 g/mol. The van der Waals surface area contributed by atoms with Crippen LogP contribution >= 0.6 is 0 Å². The highest BCUT2D eigenvalue weighted by molar-refractivity contribution is 5.90. The highest BCUT2D eigenvalue weighted by Crippen LogP contribution is 2.25. The maximum Gasteiger partial charge on any atom is 0.319 e. The van der Waals surface area contributed by atoms with Crippen molar-refractivity contribution in [3.05, 3.63) is 83.9 Å². The van der Waals surface area contributed by atoms with Crippen molar-refractivity contribution in [1.82, 2.24) is 14.9 Å². The lowest BCUT2D eigenvalue weighted by Gasteiger charge is -2.12. The van der Waals surface area contributed by atoms with Gasteiger partial charge in [0.05, 0.1) is 11.0 Å². The molecule has 4 aromatic rings. The molecule has 0 aliphatic heterocycles. The Hall–Kier alpha value is -3.60. The molecule has 0 spiro atoms. The number of urea groups is 1. The number of anilines is 1. The quantitative estimate of drug-likeness (QED) is 0.500. The lowest BCUT2D eigenvalue weighted by atomic mass is 10.1. The van der Waals surface area contributed by atoms with E-state index in [2.05, 4.69) is 52.5 Å². The second-order valence-electron chi connectivity index (χ2n) is 7.14. The number of amides is 2. The van der Waals surface area contributed by atoms with E-state index in [1.807, 2.05) is 49.4 Å². The van der Waals surface area contributed by atoms with E-state index in [0.717, 1.165) is 33.7 Å². The third kappa shape index (κ3) is 4.14. The SMILES string of the molecule is Cc1ccc(-c2nc3ccccc3n2CCNC(=O)Nc2ccccc2C)cc1. The van der Waals surface area contributed by atoms with Gasteiger partial charge in [0.1, 0.15) is 5.82 Å². The van der Waals surface area contributed by atoms with Gasteiger partial charge in [0.25, 0.3) is 0 Å². The van der Waals surface area contributed by atoms with E-state index in [9.17, 15) is 4.79 Å². The Balaban J connectivity index is 1.51. The van der Waals surface area contributed by atoms with Crippen LogP contribution in [0, 0.1) is 13.8 Å². The fourth-order valence-electron chi connectivity index (χ4n) is 3.39. The van der Waals surface area contributed by atoms with Crippen LogP contribution in [0.1, 0.15) is 11.1 Å². The molecular weight excluding hydrogens is 360 g/mol. The van der Waals surface area contributed by atoms with E-state index in [1.165, 1.54) is 5.56 Å². The van der Waals surface area contributed by atoms with Crippen LogP contribution in [0.4, 0.5) is 10.5 Å². The number of imidazole rings is 1. The third-order valence-corrected chi connectivity index (χ3v) is 4.98. The van der Waals surface area contributed by atoms with Gasteiger partial charge in [-0.25, -0.2) is 9.78 Å². The summed E-state index contributed by atoms with van der Waals surface area (Å²) >= 11 is 0. The van der Waals surface area contributed by atoms with Gasteiger partial charge >= 0.3 is 6.03 Å². The van der Waals surface area contributed by atoms with Crippen LogP contribution in [0.15, 0.2) is 72.8 Å². The van der Waals surface area contributed by atoms with Crippen LogP contribution in [0.5, 0.6) is 0 Å². The highest BCUT2D eigenvalue weighted by Gasteiger charge is 2.12. The Morgan fingerprint density at radius 3 is 2.45 bits per heavy atom. The summed E-state index contributed by atoms with van der Waals surface area (Å²) in [6.07, 6.45) is 0. The first-order valence-electron chi connectivity index (χ1n) is 9.74. The second kappa shape index (κ2) is 8.19. The highest BCUT2D eigenvalue weighted by atomic mass is 16.2. The number of rotatable bonds is 5. The number of hydrogen-bond donors (Lipinski definition) is 2. The summed E-state index contributed by atoms with van der Waals surface area (Å²) in [5.74, 6) is 0.910. The van der Waals surface area contributed by atoms with E-state index in [0.29, 0.717) is 13.1 Å². The molecule has 1 aromatic heterocycles. The molecule has 0 radical (unpaired) electrons. The smallest absolute Gasteiger partial charge is 0.319 e. The Morgan fingerprint density at radius 1 is 0.931 bits per heavy atom. The maximum atomic E-state index is 12.3. The summed E-state index contributed by atoms with van der Waals surface area (Å²) < 4.78 is 2.16. The van der Waals surface area contributed by atoms with Crippen LogP contribution < -0.4 is 10.6 Å². The topological polar surface area (TPSA) is 59.0 Å². The summed E-state index contributed by atoms with van der Waals surface area (Å²) in [6.45, 7) is 5.17. The fraction of sp³-hybridized carbons (Fsp3) is 0.167. The van der Waals surface area contributed by atoms with Crippen LogP contribution in [-0.2, 0) is 6.54 Å². The minimum absolute atomic E-state index is 0.208. The summed E-state index contributed by atoms with van der Waals surface area (Å²) in [4.78, 5) is 17.1. The summed E-state index contributed by atoms with van der Waals surface area (Å²) in [7, 11) is 0. The van der Waals surface area contributed by atoms with Gasteiger partial charge in [-0.2, -0.15) is 0 Å². The molecule has 0 saturated heterocycles. The van der Waals surface area contributed by atoms with Crippen LogP contribution in [0.2, 0.25) is 0 Å². The molecular formula is C24H24N4O. The van der Waals surface area contributed by atoms with Gasteiger partial charge in [-0.3, -0.25) is 0 Å². The number of fused-ring (bicyclic) bond motifs is 1. The summed E-state index contributed by atoms with van der Waals surface area (Å²) in [5.41, 5.74) is 6.14. The number of nitrogens with one attached hydrogen (secondary N) is 2. The van der Waals surface area contributed by atoms with E-state index in [1.54, 1.807) is 0 Å². The third-order valence-electron chi connectivity index (χ3n) is 4.98. The summed E-state index contributed by atoms with van der Waals surface area (Å²) in [6, 6.07) is 24.0. The first-order chi connectivity index (χ1) is 14.1. The largest absolute Gasteiger partial charge is 0.336 e. The number of para-hydroxylation sites is 3. The first-order valence-corrected chi connectivity index (χ1v) is 9.74. The number of carbonyl (C=O) groups is 1. The van der Waals surface area contributed by atoms with Gasteiger partial charge in [0.2, 0.25) is 0 Å². The number of hydrogen-bond acceptors (Lipinski definition) is 2. The second-order valence-corrected chi connectivity index (χ2v) is 7.14. The predicted molar refractivity (Wildman–Crippen MR) is 118 cm³/mol. The number of aromatic nitrogens is 2. The molecule has 2 amide bonds. The standard InChI is InChI=1S/C24H24N4O/c1-17-11-13-19(14-12-17)23-26-21-9-5-6-10-22(21)28(23)16-15-25-24(29)27-20-8-4-3-7-18(20)2/h3-14H,15-16H2,1-2H3,(H2,25,27,29). The Kier molecular flexibility index (Phi) is 5.29. The molecule has 0 saturated carbocycles. The summed E-state index contributed by atoms with van der Waals surface area (Å²) in [5, 5.41) is 5.86. The van der Waals surface area contributed by atoms with E-state index >= 15 is 0 Å². The van der Waals surface area contributed by atoms with E-state index < -0.39 is 0 Å². The first kappa shape index (κ1) is 18.7. The van der Waals surface area contributed by atoms with E-state index in [-0.39, 0.29) is 6.03 Å². The van der Waals surface area contributed by atoms with Gasteiger partial charge in [-0.1, -0.05) is 60.2 Å².